The van der Waals surface area contributed by atoms with Crippen LogP contribution in [0, 0.1) is 5.41 Å². The summed E-state index contributed by atoms with van der Waals surface area (Å²) in [5.41, 5.74) is -0.710. The number of carboxylic acids is 1. The topological polar surface area (TPSA) is 69.6 Å². The summed E-state index contributed by atoms with van der Waals surface area (Å²) in [5.74, 6) is -0.779. The van der Waals surface area contributed by atoms with E-state index in [4.69, 9.17) is 0 Å². The second-order valence-electron chi connectivity index (χ2n) is 6.13. The van der Waals surface area contributed by atoms with E-state index in [9.17, 15) is 14.7 Å². The molecule has 0 bridgehead atoms. The van der Waals surface area contributed by atoms with Gasteiger partial charge in [0.25, 0.3) is 0 Å². The molecule has 1 aliphatic heterocycles. The third-order valence-corrected chi connectivity index (χ3v) is 4.77. The number of nitrogens with one attached hydrogen (secondary N) is 1. The fourth-order valence-electron chi connectivity index (χ4n) is 3.23. The van der Waals surface area contributed by atoms with Crippen LogP contribution >= 0.6 is 0 Å². The Kier molecular flexibility index (Phi) is 4.02. The molecule has 2 rings (SSSR count). The molecule has 1 saturated carbocycles. The van der Waals surface area contributed by atoms with E-state index in [1.807, 2.05) is 4.90 Å². The van der Waals surface area contributed by atoms with Crippen LogP contribution in [0.5, 0.6) is 0 Å². The van der Waals surface area contributed by atoms with Crippen LogP contribution in [0.4, 0.5) is 4.79 Å². The van der Waals surface area contributed by atoms with Crippen LogP contribution < -0.4 is 5.32 Å². The number of nitrogens with zero attached hydrogens (tertiary/aromatic N) is 1. The normalized spacial score (nSPS) is 29.5. The van der Waals surface area contributed by atoms with Crippen molar-refractivity contribution in [1.29, 1.82) is 0 Å². The minimum atomic E-state index is -0.779. The van der Waals surface area contributed by atoms with E-state index >= 15 is 0 Å². The summed E-state index contributed by atoms with van der Waals surface area (Å²) in [6.07, 6.45) is 5.51. The maximum atomic E-state index is 12.3. The van der Waals surface area contributed by atoms with E-state index in [2.05, 4.69) is 19.2 Å². The van der Waals surface area contributed by atoms with Crippen molar-refractivity contribution in [2.24, 2.45) is 5.41 Å². The number of urea groups is 1. The Morgan fingerprint density at radius 3 is 2.21 bits per heavy atom. The number of carbonyl (C=O) groups excluding carboxylic acids is 1. The molecular weight excluding hydrogens is 244 g/mol. The number of amides is 2. The Hall–Kier alpha value is -1.26. The van der Waals surface area contributed by atoms with Crippen LogP contribution in [0.3, 0.4) is 0 Å². The maximum Gasteiger partial charge on any atom is 0.317 e. The van der Waals surface area contributed by atoms with Gasteiger partial charge in [-0.3, -0.25) is 4.79 Å². The molecule has 5 heteroatoms. The van der Waals surface area contributed by atoms with Crippen molar-refractivity contribution in [3.05, 3.63) is 0 Å². The van der Waals surface area contributed by atoms with Gasteiger partial charge in [0, 0.05) is 18.6 Å². The van der Waals surface area contributed by atoms with Gasteiger partial charge in [-0.15, -0.1) is 0 Å². The smallest absolute Gasteiger partial charge is 0.317 e. The molecule has 0 spiro atoms. The predicted octanol–water partition coefficient (Wildman–Crippen LogP) is 2.21. The molecule has 1 aliphatic carbocycles. The lowest BCUT2D eigenvalue weighted by atomic mass is 9.69. The minimum absolute atomic E-state index is 0.104. The Morgan fingerprint density at radius 2 is 1.79 bits per heavy atom. The molecule has 2 amide bonds. The van der Waals surface area contributed by atoms with Gasteiger partial charge in [-0.2, -0.15) is 0 Å². The monoisotopic (exact) mass is 268 g/mol. The number of hydrogen-bond acceptors (Lipinski definition) is 2. The zero-order valence-corrected chi connectivity index (χ0v) is 11.8. The summed E-state index contributed by atoms with van der Waals surface area (Å²) in [6.45, 7) is 4.38. The van der Waals surface area contributed by atoms with Crippen molar-refractivity contribution in [3.8, 4) is 0 Å². The van der Waals surface area contributed by atoms with E-state index in [1.165, 1.54) is 0 Å². The maximum absolute atomic E-state index is 12.3. The molecule has 0 aromatic rings. The molecule has 2 N–H and O–H groups in total. The van der Waals surface area contributed by atoms with Gasteiger partial charge in [0.15, 0.2) is 0 Å². The number of carbonyl (C=O) groups is 2. The summed E-state index contributed by atoms with van der Waals surface area (Å²) in [5, 5.41) is 12.1. The molecule has 2 fully saturated rings. The summed E-state index contributed by atoms with van der Waals surface area (Å²) in [4.78, 5) is 25.4. The van der Waals surface area contributed by atoms with Gasteiger partial charge in [-0.25, -0.2) is 4.79 Å². The number of aliphatic carboxylic acids is 1. The van der Waals surface area contributed by atoms with Gasteiger partial charge >= 0.3 is 12.0 Å². The highest BCUT2D eigenvalue weighted by molar-refractivity contribution is 5.79. The molecule has 2 unspecified atom stereocenters. The van der Waals surface area contributed by atoms with Crippen molar-refractivity contribution in [1.82, 2.24) is 10.2 Å². The second kappa shape index (κ2) is 5.39. The van der Waals surface area contributed by atoms with Crippen LogP contribution in [0.25, 0.3) is 0 Å². The average molecular weight is 268 g/mol. The van der Waals surface area contributed by atoms with Gasteiger partial charge in [-0.1, -0.05) is 6.42 Å². The van der Waals surface area contributed by atoms with E-state index in [0.29, 0.717) is 12.8 Å². The van der Waals surface area contributed by atoms with Gasteiger partial charge < -0.3 is 15.3 Å². The fourth-order valence-corrected chi connectivity index (χ4v) is 3.23. The van der Waals surface area contributed by atoms with E-state index in [-0.39, 0.29) is 24.7 Å². The number of piperidine rings is 1. The number of rotatable bonds is 3. The molecule has 1 heterocycles. The lowest BCUT2D eigenvalue weighted by molar-refractivity contribution is -0.153. The van der Waals surface area contributed by atoms with E-state index < -0.39 is 11.4 Å². The zero-order valence-electron chi connectivity index (χ0n) is 11.8. The van der Waals surface area contributed by atoms with Crippen molar-refractivity contribution in [3.63, 3.8) is 0 Å². The fraction of sp³-hybridized carbons (Fsp3) is 0.857. The van der Waals surface area contributed by atoms with Crippen molar-refractivity contribution in [2.45, 2.75) is 64.5 Å². The van der Waals surface area contributed by atoms with Crippen molar-refractivity contribution in [2.75, 3.05) is 6.54 Å². The lowest BCUT2D eigenvalue weighted by Gasteiger charge is -2.41. The lowest BCUT2D eigenvalue weighted by Crippen LogP contribution is -2.55. The Balaban J connectivity index is 1.91. The first-order chi connectivity index (χ1) is 8.96. The van der Waals surface area contributed by atoms with Gasteiger partial charge in [-0.05, 0) is 46.0 Å². The summed E-state index contributed by atoms with van der Waals surface area (Å²) >= 11 is 0. The average Bonchev–Trinajstić information content (AvgIpc) is 2.26. The van der Waals surface area contributed by atoms with Crippen molar-refractivity contribution >= 4 is 12.0 Å². The number of likely N-dealkylation sites (tertiary alicyclic amines) is 1. The molecule has 0 aromatic heterocycles. The molecule has 0 aromatic carbocycles. The van der Waals surface area contributed by atoms with Crippen LogP contribution in [-0.4, -0.2) is 40.6 Å². The molecule has 19 heavy (non-hydrogen) atoms. The Bertz CT molecular complexity index is 356. The SMILES string of the molecule is CC1CCCC(C)N1C(=O)NCC1(C(=O)O)CCC1. The van der Waals surface area contributed by atoms with Gasteiger partial charge in [0.1, 0.15) is 0 Å². The quantitative estimate of drug-likeness (QED) is 0.824. The van der Waals surface area contributed by atoms with Crippen LogP contribution in [-0.2, 0) is 4.79 Å². The molecule has 0 radical (unpaired) electrons. The summed E-state index contributed by atoms with van der Waals surface area (Å²) in [6, 6.07) is 0.379. The third kappa shape index (κ3) is 2.69. The summed E-state index contributed by atoms with van der Waals surface area (Å²) < 4.78 is 0. The predicted molar refractivity (Wildman–Crippen MR) is 71.9 cm³/mol. The Morgan fingerprint density at radius 1 is 1.21 bits per heavy atom. The first-order valence-corrected chi connectivity index (χ1v) is 7.26. The highest BCUT2D eigenvalue weighted by atomic mass is 16.4. The van der Waals surface area contributed by atoms with E-state index in [1.54, 1.807) is 0 Å². The molecule has 2 atom stereocenters. The number of hydrogen-bond donors (Lipinski definition) is 2. The first-order valence-electron chi connectivity index (χ1n) is 7.26. The molecule has 1 saturated heterocycles. The van der Waals surface area contributed by atoms with Gasteiger partial charge in [0.05, 0.1) is 5.41 Å². The minimum Gasteiger partial charge on any atom is -0.481 e. The Labute approximate surface area is 114 Å². The first kappa shape index (κ1) is 14.2. The van der Waals surface area contributed by atoms with Crippen LogP contribution in [0.1, 0.15) is 52.4 Å². The number of carboxylic acid groups (broad SMARTS) is 1. The molecular formula is C14H24N2O3. The van der Waals surface area contributed by atoms with Crippen LogP contribution in [0.15, 0.2) is 0 Å². The highest BCUT2D eigenvalue weighted by Crippen LogP contribution is 2.40. The molecule has 2 aliphatic rings. The highest BCUT2D eigenvalue weighted by Gasteiger charge is 2.45. The second-order valence-corrected chi connectivity index (χ2v) is 6.13. The molecule has 5 nitrogen and oxygen atoms in total. The molecule has 108 valence electrons. The third-order valence-electron chi connectivity index (χ3n) is 4.77. The standard InChI is InChI=1S/C14H24N2O3/c1-10-5-3-6-11(2)16(10)13(19)15-9-14(12(17)18)7-4-8-14/h10-11H,3-9H2,1-2H3,(H,15,19)(H,17,18). The zero-order chi connectivity index (χ0) is 14.0. The van der Waals surface area contributed by atoms with E-state index in [0.717, 1.165) is 25.7 Å². The van der Waals surface area contributed by atoms with Crippen molar-refractivity contribution < 1.29 is 14.7 Å². The summed E-state index contributed by atoms with van der Waals surface area (Å²) in [7, 11) is 0. The van der Waals surface area contributed by atoms with Crippen LogP contribution in [0.2, 0.25) is 0 Å². The van der Waals surface area contributed by atoms with Gasteiger partial charge in [0.2, 0.25) is 0 Å². The largest absolute Gasteiger partial charge is 0.481 e.